The molecule has 104 valence electrons. The van der Waals surface area contributed by atoms with Gasteiger partial charge in [-0.3, -0.25) is 0 Å². The van der Waals surface area contributed by atoms with Crippen molar-refractivity contribution in [1.82, 2.24) is 9.97 Å². The Kier molecular flexibility index (Phi) is 4.09. The molecule has 0 aliphatic heterocycles. The van der Waals surface area contributed by atoms with Crippen LogP contribution >= 0.6 is 0 Å². The second-order valence-corrected chi connectivity index (χ2v) is 3.80. The van der Waals surface area contributed by atoms with Crippen molar-refractivity contribution in [2.24, 2.45) is 0 Å². The van der Waals surface area contributed by atoms with Gasteiger partial charge >= 0.3 is 5.97 Å². The molecule has 0 bridgehead atoms. The van der Waals surface area contributed by atoms with Crippen molar-refractivity contribution < 1.29 is 19.0 Å². The van der Waals surface area contributed by atoms with Crippen LogP contribution in [0.3, 0.4) is 0 Å². The molecule has 2 heterocycles. The lowest BCUT2D eigenvalue weighted by molar-refractivity contribution is 0.0697. The lowest BCUT2D eigenvalue weighted by atomic mass is 10.2. The second kappa shape index (κ2) is 5.96. The minimum absolute atomic E-state index is 0.0462. The van der Waals surface area contributed by atoms with Crippen LogP contribution in [0.1, 0.15) is 17.3 Å². The van der Waals surface area contributed by atoms with E-state index >= 15 is 0 Å². The summed E-state index contributed by atoms with van der Waals surface area (Å²) in [6, 6.07) is 4.20. The minimum atomic E-state index is -1.27. The molecule has 7 heteroatoms. The number of anilines is 2. The van der Waals surface area contributed by atoms with Crippen LogP contribution < -0.4 is 10.1 Å². The van der Waals surface area contributed by atoms with Gasteiger partial charge in [-0.2, -0.15) is 0 Å². The Bertz CT molecular complexity index is 617. The first-order chi connectivity index (χ1) is 9.60. The first-order valence-corrected chi connectivity index (χ1v) is 5.85. The van der Waals surface area contributed by atoms with Crippen LogP contribution in [0.2, 0.25) is 0 Å². The number of halogens is 1. The summed E-state index contributed by atoms with van der Waals surface area (Å²) in [5.74, 6) is -1.47. The molecule has 0 aromatic carbocycles. The van der Waals surface area contributed by atoms with Gasteiger partial charge in [0.25, 0.3) is 0 Å². The van der Waals surface area contributed by atoms with Gasteiger partial charge in [-0.15, -0.1) is 0 Å². The monoisotopic (exact) mass is 277 g/mol. The summed E-state index contributed by atoms with van der Waals surface area (Å²) in [6.07, 6.45) is 2.42. The molecule has 6 nitrogen and oxygen atoms in total. The fraction of sp³-hybridized carbons (Fsp3) is 0.154. The van der Waals surface area contributed by atoms with E-state index in [1.807, 2.05) is 6.92 Å². The van der Waals surface area contributed by atoms with Crippen LogP contribution in [0.5, 0.6) is 5.88 Å². The number of pyridine rings is 2. The maximum absolute atomic E-state index is 13.0. The highest BCUT2D eigenvalue weighted by Gasteiger charge is 2.13. The van der Waals surface area contributed by atoms with Crippen LogP contribution in [0, 0.1) is 5.82 Å². The zero-order chi connectivity index (χ0) is 14.5. The van der Waals surface area contributed by atoms with Gasteiger partial charge < -0.3 is 15.2 Å². The first-order valence-electron chi connectivity index (χ1n) is 5.85. The predicted octanol–water partition coefficient (Wildman–Crippen LogP) is 2.46. The molecule has 0 atom stereocenters. The van der Waals surface area contributed by atoms with E-state index < -0.39 is 11.8 Å². The molecule has 2 aromatic rings. The molecular weight excluding hydrogens is 265 g/mol. The van der Waals surface area contributed by atoms with E-state index in [0.717, 1.165) is 12.3 Å². The van der Waals surface area contributed by atoms with Crippen molar-refractivity contribution in [2.75, 3.05) is 11.9 Å². The summed E-state index contributed by atoms with van der Waals surface area (Å²) in [5, 5.41) is 11.8. The van der Waals surface area contributed by atoms with Gasteiger partial charge in [0.2, 0.25) is 5.88 Å². The number of aromatic nitrogens is 2. The third-order valence-electron chi connectivity index (χ3n) is 2.38. The molecule has 0 spiro atoms. The van der Waals surface area contributed by atoms with Gasteiger partial charge in [-0.25, -0.2) is 19.2 Å². The summed E-state index contributed by atoms with van der Waals surface area (Å²) in [4.78, 5) is 18.8. The number of carboxylic acid groups (broad SMARTS) is 1. The number of nitrogens with one attached hydrogen (secondary N) is 1. The molecule has 0 amide bonds. The third-order valence-corrected chi connectivity index (χ3v) is 2.38. The van der Waals surface area contributed by atoms with E-state index in [-0.39, 0.29) is 11.4 Å². The number of hydrogen-bond acceptors (Lipinski definition) is 5. The Balaban J connectivity index is 2.23. The Morgan fingerprint density at radius 2 is 2.20 bits per heavy atom. The number of hydrogen-bond donors (Lipinski definition) is 2. The van der Waals surface area contributed by atoms with Crippen molar-refractivity contribution in [2.45, 2.75) is 6.92 Å². The highest BCUT2D eigenvalue weighted by molar-refractivity contribution is 5.93. The Labute approximate surface area is 114 Å². The Morgan fingerprint density at radius 1 is 1.40 bits per heavy atom. The van der Waals surface area contributed by atoms with E-state index in [4.69, 9.17) is 9.84 Å². The average Bonchev–Trinajstić information content (AvgIpc) is 2.43. The number of ether oxygens (including phenoxy) is 1. The van der Waals surface area contributed by atoms with Gasteiger partial charge in [0.15, 0.2) is 0 Å². The number of nitrogens with zero attached hydrogens (tertiary/aromatic N) is 2. The van der Waals surface area contributed by atoms with Gasteiger partial charge in [0.05, 0.1) is 24.7 Å². The average molecular weight is 277 g/mol. The van der Waals surface area contributed by atoms with E-state index in [1.54, 1.807) is 12.1 Å². The lowest BCUT2D eigenvalue weighted by Gasteiger charge is -2.09. The van der Waals surface area contributed by atoms with Crippen molar-refractivity contribution >= 4 is 17.5 Å². The zero-order valence-electron chi connectivity index (χ0n) is 10.6. The fourth-order valence-electron chi connectivity index (χ4n) is 1.53. The van der Waals surface area contributed by atoms with Crippen LogP contribution in [0.4, 0.5) is 15.9 Å². The SMILES string of the molecule is CCOc1ccc(Nc2ncc(F)cc2C(=O)O)cn1. The predicted molar refractivity (Wildman–Crippen MR) is 69.8 cm³/mol. The summed E-state index contributed by atoms with van der Waals surface area (Å²) >= 11 is 0. The smallest absolute Gasteiger partial charge is 0.339 e. The van der Waals surface area contributed by atoms with Crippen LogP contribution in [-0.4, -0.2) is 27.7 Å². The van der Waals surface area contributed by atoms with Crippen molar-refractivity contribution in [3.8, 4) is 5.88 Å². The molecule has 0 radical (unpaired) electrons. The molecular formula is C13H12FN3O3. The quantitative estimate of drug-likeness (QED) is 0.873. The molecule has 0 unspecified atom stereocenters. The molecule has 0 fully saturated rings. The van der Waals surface area contributed by atoms with Gasteiger partial charge in [0, 0.05) is 6.07 Å². The highest BCUT2D eigenvalue weighted by Crippen LogP contribution is 2.20. The highest BCUT2D eigenvalue weighted by atomic mass is 19.1. The van der Waals surface area contributed by atoms with Crippen molar-refractivity contribution in [3.05, 3.63) is 42.0 Å². The number of carbonyl (C=O) groups is 1. The normalized spacial score (nSPS) is 10.1. The second-order valence-electron chi connectivity index (χ2n) is 3.80. The molecule has 2 rings (SSSR count). The minimum Gasteiger partial charge on any atom is -0.478 e. The molecule has 2 N–H and O–H groups in total. The van der Waals surface area contributed by atoms with E-state index in [0.29, 0.717) is 18.2 Å². The first kappa shape index (κ1) is 13.7. The third kappa shape index (κ3) is 3.19. The Hall–Kier alpha value is -2.70. The van der Waals surface area contributed by atoms with E-state index in [9.17, 15) is 9.18 Å². The number of aromatic carboxylic acids is 1. The van der Waals surface area contributed by atoms with Gasteiger partial charge in [-0.05, 0) is 19.1 Å². The Morgan fingerprint density at radius 3 is 2.80 bits per heavy atom. The molecule has 0 aliphatic rings. The molecule has 20 heavy (non-hydrogen) atoms. The molecule has 2 aromatic heterocycles. The maximum Gasteiger partial charge on any atom is 0.339 e. The summed E-state index contributed by atoms with van der Waals surface area (Å²) in [7, 11) is 0. The van der Waals surface area contributed by atoms with Crippen molar-refractivity contribution in [3.63, 3.8) is 0 Å². The summed E-state index contributed by atoms with van der Waals surface area (Å²) in [5.41, 5.74) is 0.272. The van der Waals surface area contributed by atoms with Crippen LogP contribution in [0.25, 0.3) is 0 Å². The summed E-state index contributed by atoms with van der Waals surface area (Å²) in [6.45, 7) is 2.35. The molecule has 0 aliphatic carbocycles. The van der Waals surface area contributed by atoms with E-state index in [1.165, 1.54) is 6.20 Å². The molecule has 0 saturated carbocycles. The van der Waals surface area contributed by atoms with Crippen LogP contribution in [0.15, 0.2) is 30.6 Å². The van der Waals surface area contributed by atoms with Crippen molar-refractivity contribution in [1.29, 1.82) is 0 Å². The molecule has 0 saturated heterocycles. The summed E-state index contributed by atoms with van der Waals surface area (Å²) < 4.78 is 18.2. The zero-order valence-corrected chi connectivity index (χ0v) is 10.6. The standard InChI is InChI=1S/C13H12FN3O3/c1-2-20-11-4-3-9(7-15-11)17-12-10(13(18)19)5-8(14)6-16-12/h3-7H,2H2,1H3,(H,16,17)(H,18,19). The lowest BCUT2D eigenvalue weighted by Crippen LogP contribution is -2.06. The van der Waals surface area contributed by atoms with Gasteiger partial charge in [0.1, 0.15) is 17.2 Å². The largest absolute Gasteiger partial charge is 0.478 e. The van der Waals surface area contributed by atoms with Gasteiger partial charge in [-0.1, -0.05) is 0 Å². The number of carboxylic acids is 1. The maximum atomic E-state index is 13.0. The number of rotatable bonds is 5. The van der Waals surface area contributed by atoms with E-state index in [2.05, 4.69) is 15.3 Å². The topological polar surface area (TPSA) is 84.3 Å². The fourth-order valence-corrected chi connectivity index (χ4v) is 1.53. The van der Waals surface area contributed by atoms with Crippen LogP contribution in [-0.2, 0) is 0 Å².